The van der Waals surface area contributed by atoms with Gasteiger partial charge in [0, 0.05) is 18.1 Å². The van der Waals surface area contributed by atoms with Gasteiger partial charge in [-0.25, -0.2) is 0 Å². The second-order valence-corrected chi connectivity index (χ2v) is 9.10. The third kappa shape index (κ3) is 6.72. The van der Waals surface area contributed by atoms with Crippen LogP contribution in [-0.4, -0.2) is 37.5 Å². The number of nitrogens with one attached hydrogen (secondary N) is 2. The average molecular weight is 521 g/mol. The number of thiazole rings is 1. The van der Waals surface area contributed by atoms with Gasteiger partial charge < -0.3 is 19.3 Å². The summed E-state index contributed by atoms with van der Waals surface area (Å²) >= 11 is 1.00. The summed E-state index contributed by atoms with van der Waals surface area (Å²) in [5.74, 6) is 2.10. The van der Waals surface area contributed by atoms with E-state index in [1.165, 1.54) is 0 Å². The summed E-state index contributed by atoms with van der Waals surface area (Å²) in [5, 5.41) is 9.72. The van der Waals surface area contributed by atoms with E-state index in [0.717, 1.165) is 45.1 Å². The fraction of sp³-hybridized carbons (Fsp3) is 0.179. The Labute approximate surface area is 218 Å². The van der Waals surface area contributed by atoms with Crippen LogP contribution in [0.4, 0.5) is 0 Å². The molecule has 0 saturated carbocycles. The lowest BCUT2D eigenvalue weighted by Gasteiger charge is -2.13. The van der Waals surface area contributed by atoms with E-state index in [4.69, 9.17) is 19.0 Å². The molecule has 1 heterocycles. The van der Waals surface area contributed by atoms with E-state index < -0.39 is 0 Å². The molecule has 0 spiro atoms. The van der Waals surface area contributed by atoms with Crippen molar-refractivity contribution in [2.75, 3.05) is 27.4 Å². The fourth-order valence-electron chi connectivity index (χ4n) is 3.65. The Kier molecular flexibility index (Phi) is 8.50. The number of H-pyrrole nitrogens is 1. The molecule has 4 rings (SSSR count). The summed E-state index contributed by atoms with van der Waals surface area (Å²) in [6.07, 6.45) is 0.472. The molecule has 0 radical (unpaired) electrons. The highest BCUT2D eigenvalue weighted by Crippen LogP contribution is 2.33. The number of methoxy groups -OCH3 is 2. The standard InChI is InChI=1S/C28H28N2O6S/c1-18(20-6-8-21(9-7-20)24-13-12-23(33-2)17-25(24)34-3)30-36-15-14-35-22-10-4-19(5-11-22)16-26-27(31)29-28(32)37-26/h4-13,17,30-31H,1,14-16H2,2-3H3,(H,29,32). The summed E-state index contributed by atoms with van der Waals surface area (Å²) in [6.45, 7) is 4.69. The van der Waals surface area contributed by atoms with Crippen LogP contribution in [0, 0.1) is 0 Å². The van der Waals surface area contributed by atoms with Crippen molar-refractivity contribution < 1.29 is 24.2 Å². The SMILES string of the molecule is C=C(NOCCOc1ccc(Cc2sc(=O)[nH]c2O)cc1)c1ccc(-c2ccc(OC)cc2OC)cc1. The summed E-state index contributed by atoms with van der Waals surface area (Å²) in [5.41, 5.74) is 7.33. The topological polar surface area (TPSA) is 102 Å². The molecule has 37 heavy (non-hydrogen) atoms. The van der Waals surface area contributed by atoms with Crippen molar-refractivity contribution >= 4 is 17.0 Å². The minimum absolute atomic E-state index is 0.0741. The molecule has 0 aliphatic carbocycles. The first-order chi connectivity index (χ1) is 18.0. The molecule has 192 valence electrons. The molecule has 4 aromatic rings. The highest BCUT2D eigenvalue weighted by molar-refractivity contribution is 7.09. The predicted molar refractivity (Wildman–Crippen MR) is 144 cm³/mol. The molecule has 0 atom stereocenters. The number of hydroxylamine groups is 1. The normalized spacial score (nSPS) is 10.6. The summed E-state index contributed by atoms with van der Waals surface area (Å²) in [6, 6.07) is 21.1. The highest BCUT2D eigenvalue weighted by Gasteiger charge is 2.09. The van der Waals surface area contributed by atoms with Gasteiger partial charge in [-0.1, -0.05) is 54.3 Å². The molecule has 0 unspecified atom stereocenters. The zero-order chi connectivity index (χ0) is 26.2. The lowest BCUT2D eigenvalue weighted by atomic mass is 10.0. The van der Waals surface area contributed by atoms with E-state index in [0.29, 0.717) is 36.0 Å². The third-order valence-electron chi connectivity index (χ3n) is 5.59. The van der Waals surface area contributed by atoms with Crippen LogP contribution in [0.3, 0.4) is 0 Å². The van der Waals surface area contributed by atoms with Gasteiger partial charge in [-0.15, -0.1) is 0 Å². The first-order valence-electron chi connectivity index (χ1n) is 11.5. The number of ether oxygens (including phenoxy) is 3. The molecule has 0 saturated heterocycles. The van der Waals surface area contributed by atoms with E-state index >= 15 is 0 Å². The maximum absolute atomic E-state index is 11.3. The van der Waals surface area contributed by atoms with E-state index in [2.05, 4.69) is 17.0 Å². The second-order valence-electron chi connectivity index (χ2n) is 8.03. The van der Waals surface area contributed by atoms with Crippen LogP contribution in [0.5, 0.6) is 23.1 Å². The van der Waals surface area contributed by atoms with Crippen LogP contribution < -0.4 is 24.6 Å². The summed E-state index contributed by atoms with van der Waals surface area (Å²) < 4.78 is 16.5. The predicted octanol–water partition coefficient (Wildman–Crippen LogP) is 4.99. The van der Waals surface area contributed by atoms with Crippen LogP contribution in [0.15, 0.2) is 78.1 Å². The van der Waals surface area contributed by atoms with Gasteiger partial charge in [-0.2, -0.15) is 0 Å². The van der Waals surface area contributed by atoms with Gasteiger partial charge in [0.1, 0.15) is 30.5 Å². The van der Waals surface area contributed by atoms with Crippen LogP contribution in [0.25, 0.3) is 16.8 Å². The maximum Gasteiger partial charge on any atom is 0.307 e. The Balaban J connectivity index is 1.21. The number of rotatable bonds is 12. The van der Waals surface area contributed by atoms with Gasteiger partial charge in [0.05, 0.1) is 24.8 Å². The molecular formula is C28H28N2O6S. The monoisotopic (exact) mass is 520 g/mol. The number of benzene rings is 3. The van der Waals surface area contributed by atoms with Crippen molar-refractivity contribution in [3.8, 4) is 34.3 Å². The first-order valence-corrected chi connectivity index (χ1v) is 12.3. The van der Waals surface area contributed by atoms with Crippen molar-refractivity contribution in [3.05, 3.63) is 99.0 Å². The Morgan fingerprint density at radius 1 is 0.973 bits per heavy atom. The smallest absolute Gasteiger partial charge is 0.307 e. The summed E-state index contributed by atoms with van der Waals surface area (Å²) in [4.78, 5) is 19.5. The molecule has 9 heteroatoms. The molecule has 3 N–H and O–H groups in total. The van der Waals surface area contributed by atoms with Crippen LogP contribution in [0.1, 0.15) is 16.0 Å². The van der Waals surface area contributed by atoms with Gasteiger partial charge in [-0.3, -0.25) is 20.1 Å². The zero-order valence-corrected chi connectivity index (χ0v) is 21.4. The number of aromatic hydroxyl groups is 1. The quantitative estimate of drug-likeness (QED) is 0.179. The third-order valence-corrected chi connectivity index (χ3v) is 6.46. The summed E-state index contributed by atoms with van der Waals surface area (Å²) in [7, 11) is 3.26. The molecule has 0 aliphatic heterocycles. The van der Waals surface area contributed by atoms with Crippen molar-refractivity contribution in [1.29, 1.82) is 0 Å². The minimum Gasteiger partial charge on any atom is -0.497 e. The molecule has 0 amide bonds. The number of aromatic amines is 1. The largest absolute Gasteiger partial charge is 0.497 e. The Morgan fingerprint density at radius 2 is 1.70 bits per heavy atom. The maximum atomic E-state index is 11.3. The molecule has 3 aromatic carbocycles. The van der Waals surface area contributed by atoms with Crippen LogP contribution in [0.2, 0.25) is 0 Å². The zero-order valence-electron chi connectivity index (χ0n) is 20.6. The van der Waals surface area contributed by atoms with Gasteiger partial charge in [0.15, 0.2) is 0 Å². The number of hydrogen-bond donors (Lipinski definition) is 3. The average Bonchev–Trinajstić information content (AvgIpc) is 3.24. The van der Waals surface area contributed by atoms with Crippen molar-refractivity contribution in [1.82, 2.24) is 10.5 Å². The lowest BCUT2D eigenvalue weighted by molar-refractivity contribution is 0.0541. The Morgan fingerprint density at radius 3 is 2.35 bits per heavy atom. The fourth-order valence-corrected chi connectivity index (χ4v) is 4.41. The molecule has 8 nitrogen and oxygen atoms in total. The van der Waals surface area contributed by atoms with Gasteiger partial charge in [0.25, 0.3) is 0 Å². The van der Waals surface area contributed by atoms with Crippen LogP contribution in [-0.2, 0) is 11.3 Å². The second kappa shape index (κ2) is 12.2. The molecule has 0 bridgehead atoms. The van der Waals surface area contributed by atoms with E-state index in [1.54, 1.807) is 14.2 Å². The van der Waals surface area contributed by atoms with Crippen molar-refractivity contribution in [2.45, 2.75) is 6.42 Å². The van der Waals surface area contributed by atoms with E-state index in [1.807, 2.05) is 66.7 Å². The molecule has 0 fully saturated rings. The Hall–Kier alpha value is -4.21. The first kappa shape index (κ1) is 25.9. The van der Waals surface area contributed by atoms with Crippen molar-refractivity contribution in [2.24, 2.45) is 0 Å². The van der Waals surface area contributed by atoms with Gasteiger partial charge in [-0.05, 0) is 41.0 Å². The number of aromatic nitrogens is 1. The Bertz CT molecular complexity index is 1390. The lowest BCUT2D eigenvalue weighted by Crippen LogP contribution is -2.17. The van der Waals surface area contributed by atoms with Gasteiger partial charge in [0.2, 0.25) is 5.88 Å². The van der Waals surface area contributed by atoms with Crippen molar-refractivity contribution in [3.63, 3.8) is 0 Å². The molecule has 0 aliphatic rings. The van der Waals surface area contributed by atoms with Crippen LogP contribution >= 0.6 is 11.3 Å². The van der Waals surface area contributed by atoms with Gasteiger partial charge >= 0.3 is 4.87 Å². The molecule has 1 aromatic heterocycles. The molecular weight excluding hydrogens is 492 g/mol. The van der Waals surface area contributed by atoms with E-state index in [9.17, 15) is 9.90 Å². The minimum atomic E-state index is -0.269. The highest BCUT2D eigenvalue weighted by atomic mass is 32.1. The number of hydrogen-bond acceptors (Lipinski definition) is 8. The van der Waals surface area contributed by atoms with E-state index in [-0.39, 0.29) is 10.8 Å².